The zero-order valence-electron chi connectivity index (χ0n) is 19.0. The minimum absolute atomic E-state index is 0.0186. The number of hydrogen-bond donors (Lipinski definition) is 3. The van der Waals surface area contributed by atoms with Gasteiger partial charge in [0.15, 0.2) is 0 Å². The maximum atomic E-state index is 12.5. The van der Waals surface area contributed by atoms with Crippen LogP contribution < -0.4 is 10.6 Å². The summed E-state index contributed by atoms with van der Waals surface area (Å²) in [5, 5.41) is 14.6. The summed E-state index contributed by atoms with van der Waals surface area (Å²) in [6.45, 7) is 3.66. The SMILES string of the molecule is Cc1ccc(NC(=O)C(C)CNC(=O)OCC2c3ccccc3-c3ccccc32)c(C(=O)O)c1. The standard InChI is InChI=1S/C27H26N2O5/c1-16-11-12-24(22(13-16)26(31)32)29-25(30)17(2)14-28-27(33)34-15-23-20-9-5-3-7-18(20)19-8-4-6-10-21(19)23/h3-13,17,23H,14-15H2,1-2H3,(H,28,33)(H,29,30)(H,31,32). The number of aromatic carboxylic acids is 1. The molecular formula is C27H26N2O5. The lowest BCUT2D eigenvalue weighted by molar-refractivity contribution is -0.119. The fraction of sp³-hybridized carbons (Fsp3) is 0.222. The molecular weight excluding hydrogens is 432 g/mol. The van der Waals surface area contributed by atoms with Crippen molar-refractivity contribution in [3.05, 3.63) is 89.0 Å². The number of hydrogen-bond acceptors (Lipinski definition) is 4. The van der Waals surface area contributed by atoms with E-state index in [1.807, 2.05) is 36.4 Å². The van der Waals surface area contributed by atoms with Gasteiger partial charge in [0.25, 0.3) is 0 Å². The van der Waals surface area contributed by atoms with Gasteiger partial charge in [-0.05, 0) is 41.3 Å². The summed E-state index contributed by atoms with van der Waals surface area (Å²) in [7, 11) is 0. The van der Waals surface area contributed by atoms with Crippen LogP contribution in [0, 0.1) is 12.8 Å². The second-order valence-electron chi connectivity index (χ2n) is 8.45. The molecule has 0 bridgehead atoms. The van der Waals surface area contributed by atoms with Gasteiger partial charge in [0.05, 0.1) is 17.2 Å². The molecule has 7 nitrogen and oxygen atoms in total. The first kappa shape index (κ1) is 23.0. The minimum atomic E-state index is -1.12. The first-order chi connectivity index (χ1) is 16.3. The molecule has 3 N–H and O–H groups in total. The lowest BCUT2D eigenvalue weighted by Gasteiger charge is -2.17. The zero-order chi connectivity index (χ0) is 24.2. The molecule has 2 amide bonds. The van der Waals surface area contributed by atoms with Crippen LogP contribution in [-0.4, -0.2) is 36.2 Å². The molecule has 0 aliphatic heterocycles. The smallest absolute Gasteiger partial charge is 0.407 e. The predicted octanol–water partition coefficient (Wildman–Crippen LogP) is 4.81. The Morgan fingerprint density at radius 2 is 1.59 bits per heavy atom. The summed E-state index contributed by atoms with van der Waals surface area (Å²) in [6.07, 6.45) is -0.608. The second-order valence-corrected chi connectivity index (χ2v) is 8.45. The molecule has 1 aliphatic carbocycles. The number of ether oxygens (including phenoxy) is 1. The summed E-state index contributed by atoms with van der Waals surface area (Å²) in [5.74, 6) is -2.16. The number of nitrogens with one attached hydrogen (secondary N) is 2. The maximum absolute atomic E-state index is 12.5. The molecule has 174 valence electrons. The van der Waals surface area contributed by atoms with Gasteiger partial charge in [0.1, 0.15) is 6.61 Å². The third-order valence-corrected chi connectivity index (χ3v) is 6.01. The van der Waals surface area contributed by atoms with Crippen LogP contribution in [0.2, 0.25) is 0 Å². The monoisotopic (exact) mass is 458 g/mol. The number of fused-ring (bicyclic) bond motifs is 3. The number of carbonyl (C=O) groups is 3. The van der Waals surface area contributed by atoms with E-state index in [1.54, 1.807) is 26.0 Å². The van der Waals surface area contributed by atoms with E-state index < -0.39 is 23.9 Å². The van der Waals surface area contributed by atoms with Gasteiger partial charge in [-0.3, -0.25) is 4.79 Å². The fourth-order valence-corrected chi connectivity index (χ4v) is 4.18. The number of alkyl carbamates (subject to hydrolysis) is 1. The normalized spacial score (nSPS) is 12.9. The van der Waals surface area contributed by atoms with Crippen LogP contribution in [0.4, 0.5) is 10.5 Å². The Labute approximate surface area is 197 Å². The van der Waals surface area contributed by atoms with E-state index >= 15 is 0 Å². The first-order valence-corrected chi connectivity index (χ1v) is 11.1. The molecule has 7 heteroatoms. The molecule has 1 aliphatic rings. The molecule has 3 aromatic carbocycles. The van der Waals surface area contributed by atoms with E-state index in [-0.39, 0.29) is 30.3 Å². The van der Waals surface area contributed by atoms with Crippen molar-refractivity contribution in [2.75, 3.05) is 18.5 Å². The molecule has 0 saturated carbocycles. The number of anilines is 1. The Bertz CT molecular complexity index is 1210. The number of amides is 2. The van der Waals surface area contributed by atoms with Gasteiger partial charge in [-0.2, -0.15) is 0 Å². The van der Waals surface area contributed by atoms with Crippen molar-refractivity contribution in [3.63, 3.8) is 0 Å². The molecule has 4 rings (SSSR count). The van der Waals surface area contributed by atoms with Crippen molar-refractivity contribution in [3.8, 4) is 11.1 Å². The predicted molar refractivity (Wildman–Crippen MR) is 129 cm³/mol. The van der Waals surface area contributed by atoms with E-state index in [4.69, 9.17) is 4.74 Å². The first-order valence-electron chi connectivity index (χ1n) is 11.1. The van der Waals surface area contributed by atoms with Crippen LogP contribution in [0.5, 0.6) is 0 Å². The van der Waals surface area contributed by atoms with Crippen molar-refractivity contribution < 1.29 is 24.2 Å². The Kier molecular flexibility index (Phi) is 6.63. The van der Waals surface area contributed by atoms with Gasteiger partial charge in [-0.1, -0.05) is 67.1 Å². The molecule has 0 fully saturated rings. The Hall–Kier alpha value is -4.13. The van der Waals surface area contributed by atoms with Crippen LogP contribution in [0.3, 0.4) is 0 Å². The number of benzene rings is 3. The largest absolute Gasteiger partial charge is 0.478 e. The van der Waals surface area contributed by atoms with Gasteiger partial charge in [-0.15, -0.1) is 0 Å². The Balaban J connectivity index is 1.32. The molecule has 34 heavy (non-hydrogen) atoms. The van der Waals surface area contributed by atoms with Crippen molar-refractivity contribution in [2.24, 2.45) is 5.92 Å². The van der Waals surface area contributed by atoms with Crippen LogP contribution >= 0.6 is 0 Å². The van der Waals surface area contributed by atoms with E-state index in [2.05, 4.69) is 22.8 Å². The quantitative estimate of drug-likeness (QED) is 0.471. The molecule has 1 unspecified atom stereocenters. The van der Waals surface area contributed by atoms with Gasteiger partial charge in [0.2, 0.25) is 5.91 Å². The highest BCUT2D eigenvalue weighted by Crippen LogP contribution is 2.44. The highest BCUT2D eigenvalue weighted by molar-refractivity contribution is 6.01. The average molecular weight is 459 g/mol. The van der Waals surface area contributed by atoms with Crippen LogP contribution in [0.25, 0.3) is 11.1 Å². The number of carboxylic acid groups (broad SMARTS) is 1. The van der Waals surface area contributed by atoms with E-state index in [9.17, 15) is 19.5 Å². The Morgan fingerprint density at radius 3 is 2.21 bits per heavy atom. The average Bonchev–Trinajstić information content (AvgIpc) is 3.15. The third kappa shape index (κ3) is 4.78. The van der Waals surface area contributed by atoms with Gasteiger partial charge in [-0.25, -0.2) is 9.59 Å². The molecule has 0 radical (unpaired) electrons. The zero-order valence-corrected chi connectivity index (χ0v) is 19.0. The number of carboxylic acids is 1. The van der Waals surface area contributed by atoms with Crippen LogP contribution in [0.1, 0.15) is 39.9 Å². The van der Waals surface area contributed by atoms with Crippen molar-refractivity contribution >= 4 is 23.7 Å². The number of aryl methyl sites for hydroxylation is 1. The van der Waals surface area contributed by atoms with Crippen LogP contribution in [-0.2, 0) is 9.53 Å². The summed E-state index contributed by atoms with van der Waals surface area (Å²) < 4.78 is 5.49. The van der Waals surface area contributed by atoms with Gasteiger partial charge >= 0.3 is 12.1 Å². The molecule has 0 saturated heterocycles. The lowest BCUT2D eigenvalue weighted by Crippen LogP contribution is -2.35. The van der Waals surface area contributed by atoms with Gasteiger partial charge in [0, 0.05) is 12.5 Å². The van der Waals surface area contributed by atoms with Crippen LogP contribution in [0.15, 0.2) is 66.7 Å². The highest BCUT2D eigenvalue weighted by Gasteiger charge is 2.29. The van der Waals surface area contributed by atoms with Gasteiger partial charge < -0.3 is 20.5 Å². The maximum Gasteiger partial charge on any atom is 0.407 e. The molecule has 1 atom stereocenters. The summed E-state index contributed by atoms with van der Waals surface area (Å²) in [4.78, 5) is 36.3. The van der Waals surface area contributed by atoms with E-state index in [0.29, 0.717) is 0 Å². The third-order valence-electron chi connectivity index (χ3n) is 6.01. The van der Waals surface area contributed by atoms with Crippen molar-refractivity contribution in [1.82, 2.24) is 5.32 Å². The number of rotatable bonds is 7. The highest BCUT2D eigenvalue weighted by atomic mass is 16.5. The molecule has 3 aromatic rings. The fourth-order valence-electron chi connectivity index (χ4n) is 4.18. The van der Waals surface area contributed by atoms with Crippen molar-refractivity contribution in [2.45, 2.75) is 19.8 Å². The summed E-state index contributed by atoms with van der Waals surface area (Å²) in [5.41, 5.74) is 5.55. The Morgan fingerprint density at radius 1 is 0.971 bits per heavy atom. The molecule has 0 spiro atoms. The van der Waals surface area contributed by atoms with Crippen molar-refractivity contribution in [1.29, 1.82) is 0 Å². The summed E-state index contributed by atoms with van der Waals surface area (Å²) in [6, 6.07) is 20.9. The minimum Gasteiger partial charge on any atom is -0.478 e. The lowest BCUT2D eigenvalue weighted by atomic mass is 9.98. The number of carbonyl (C=O) groups excluding carboxylic acids is 2. The molecule has 0 heterocycles. The van der Waals surface area contributed by atoms with E-state index in [0.717, 1.165) is 27.8 Å². The summed E-state index contributed by atoms with van der Waals surface area (Å²) >= 11 is 0. The molecule has 0 aromatic heterocycles. The topological polar surface area (TPSA) is 105 Å². The second kappa shape index (κ2) is 9.79. The van der Waals surface area contributed by atoms with E-state index in [1.165, 1.54) is 6.07 Å².